The molecule has 9 aromatic carbocycles. The molecule has 268 valence electrons. The number of hydrogen-bond donors (Lipinski definition) is 0. The number of para-hydroxylation sites is 2. The number of rotatable bonds is 6. The fraction of sp³-hybridized carbons (Fsp3) is 0.111. The summed E-state index contributed by atoms with van der Waals surface area (Å²) in [5, 5.41) is 10.3. The molecule has 0 radical (unpaired) electrons. The molecule has 0 N–H and O–H groups in total. The second kappa shape index (κ2) is 12.4. The van der Waals surface area contributed by atoms with E-state index >= 15 is 0 Å². The molecular formula is C54H42N2. The standard InChI is InChI=1S/C54H42N2/c1-35-24-25-37-16-13-23-48(44(37)34-35)56(40-19-8-5-9-20-40)50-33-31-46-53-43(50)29-27-38-26-28-42-49(32-30-45(54(46,2)3)52(42)51(38)53)55(39-17-6-4-7-18-39)47-22-12-15-36-14-10-11-21-41(36)47/h4-33,35H,34H2,1-3H3. The Morgan fingerprint density at radius 1 is 0.446 bits per heavy atom. The van der Waals surface area contributed by atoms with E-state index in [4.69, 9.17) is 0 Å². The third-order valence-corrected chi connectivity index (χ3v) is 12.5. The molecule has 0 aromatic heterocycles. The van der Waals surface area contributed by atoms with Crippen molar-refractivity contribution in [2.24, 2.45) is 5.92 Å². The average Bonchev–Trinajstić information content (AvgIpc) is 3.24. The number of allylic oxidation sites excluding steroid dienone is 1. The zero-order valence-corrected chi connectivity index (χ0v) is 32.0. The number of anilines is 6. The number of fused-ring (bicyclic) bond motifs is 2. The van der Waals surface area contributed by atoms with Crippen LogP contribution in [-0.2, 0) is 11.8 Å². The van der Waals surface area contributed by atoms with Gasteiger partial charge in [-0.1, -0.05) is 154 Å². The first-order valence-electron chi connectivity index (χ1n) is 19.9. The van der Waals surface area contributed by atoms with Crippen LogP contribution in [-0.4, -0.2) is 0 Å². The van der Waals surface area contributed by atoms with Gasteiger partial charge in [-0.15, -0.1) is 0 Å². The molecule has 0 aliphatic heterocycles. The normalized spacial score (nSPS) is 15.2. The first-order valence-corrected chi connectivity index (χ1v) is 19.9. The third-order valence-electron chi connectivity index (χ3n) is 12.5. The Morgan fingerprint density at radius 3 is 1.64 bits per heavy atom. The molecule has 11 rings (SSSR count). The molecule has 2 aliphatic carbocycles. The SMILES string of the molecule is CC1C=Cc2cccc(N(c3ccccc3)c3ccc4c5c3ccc3ccc6c(N(c7ccccc7)c7cccc8ccccc78)ccc(c6c35)C4(C)C)c2C1. The molecule has 56 heavy (non-hydrogen) atoms. The zero-order valence-electron chi connectivity index (χ0n) is 32.0. The first-order chi connectivity index (χ1) is 27.5. The fourth-order valence-corrected chi connectivity index (χ4v) is 9.86. The maximum absolute atomic E-state index is 2.52. The second-order valence-corrected chi connectivity index (χ2v) is 16.2. The van der Waals surface area contributed by atoms with Gasteiger partial charge in [0.15, 0.2) is 0 Å². The summed E-state index contributed by atoms with van der Waals surface area (Å²) in [4.78, 5) is 4.99. The molecule has 0 spiro atoms. The van der Waals surface area contributed by atoms with Crippen molar-refractivity contribution in [1.82, 2.24) is 0 Å². The molecule has 0 saturated carbocycles. The van der Waals surface area contributed by atoms with Gasteiger partial charge in [0.25, 0.3) is 0 Å². The van der Waals surface area contributed by atoms with Gasteiger partial charge < -0.3 is 9.80 Å². The molecule has 2 heteroatoms. The Balaban J connectivity index is 1.22. The van der Waals surface area contributed by atoms with Gasteiger partial charge in [0.1, 0.15) is 0 Å². The van der Waals surface area contributed by atoms with Crippen LogP contribution in [0.4, 0.5) is 34.1 Å². The summed E-state index contributed by atoms with van der Waals surface area (Å²) < 4.78 is 0. The van der Waals surface area contributed by atoms with Gasteiger partial charge in [0, 0.05) is 38.6 Å². The van der Waals surface area contributed by atoms with E-state index in [2.05, 4.69) is 213 Å². The summed E-state index contributed by atoms with van der Waals surface area (Å²) in [6.45, 7) is 7.16. The van der Waals surface area contributed by atoms with Crippen molar-refractivity contribution in [1.29, 1.82) is 0 Å². The molecule has 2 aliphatic rings. The predicted molar refractivity (Wildman–Crippen MR) is 240 cm³/mol. The van der Waals surface area contributed by atoms with Crippen molar-refractivity contribution in [3.63, 3.8) is 0 Å². The van der Waals surface area contributed by atoms with Gasteiger partial charge in [0.05, 0.1) is 17.1 Å². The van der Waals surface area contributed by atoms with Crippen LogP contribution in [0.1, 0.15) is 43.0 Å². The van der Waals surface area contributed by atoms with Crippen LogP contribution in [0.15, 0.2) is 176 Å². The maximum Gasteiger partial charge on any atom is 0.0540 e. The lowest BCUT2D eigenvalue weighted by molar-refractivity contribution is 0.652. The van der Waals surface area contributed by atoms with E-state index in [0.29, 0.717) is 5.92 Å². The summed E-state index contributed by atoms with van der Waals surface area (Å²) in [5.74, 6) is 0.485. The van der Waals surface area contributed by atoms with Crippen molar-refractivity contribution in [3.05, 3.63) is 198 Å². The van der Waals surface area contributed by atoms with Crippen LogP contribution in [0.5, 0.6) is 0 Å². The van der Waals surface area contributed by atoms with Gasteiger partial charge in [0.2, 0.25) is 0 Å². The van der Waals surface area contributed by atoms with Crippen molar-refractivity contribution < 1.29 is 0 Å². The maximum atomic E-state index is 2.52. The van der Waals surface area contributed by atoms with Gasteiger partial charge in [-0.2, -0.15) is 0 Å². The van der Waals surface area contributed by atoms with E-state index in [1.165, 1.54) is 93.8 Å². The topological polar surface area (TPSA) is 6.48 Å². The molecule has 0 bridgehead atoms. The number of benzene rings is 9. The van der Waals surface area contributed by atoms with Crippen molar-refractivity contribution in [3.8, 4) is 0 Å². The minimum absolute atomic E-state index is 0.225. The monoisotopic (exact) mass is 718 g/mol. The molecule has 0 amide bonds. The minimum Gasteiger partial charge on any atom is -0.310 e. The van der Waals surface area contributed by atoms with Crippen LogP contribution >= 0.6 is 0 Å². The van der Waals surface area contributed by atoms with Crippen LogP contribution in [0, 0.1) is 5.92 Å². The summed E-state index contributed by atoms with van der Waals surface area (Å²) in [5.41, 5.74) is 12.4. The third kappa shape index (κ3) is 4.82. The summed E-state index contributed by atoms with van der Waals surface area (Å²) in [6.07, 6.45) is 5.68. The fourth-order valence-electron chi connectivity index (χ4n) is 9.86. The molecule has 9 aromatic rings. The van der Waals surface area contributed by atoms with Gasteiger partial charge in [-0.05, 0) is 110 Å². The smallest absolute Gasteiger partial charge is 0.0540 e. The van der Waals surface area contributed by atoms with Crippen LogP contribution in [0.25, 0.3) is 49.2 Å². The van der Waals surface area contributed by atoms with Crippen LogP contribution < -0.4 is 9.80 Å². The van der Waals surface area contributed by atoms with E-state index in [0.717, 1.165) is 12.1 Å². The highest BCUT2D eigenvalue weighted by Gasteiger charge is 2.35. The molecule has 2 nitrogen and oxygen atoms in total. The first kappa shape index (κ1) is 32.8. The summed E-state index contributed by atoms with van der Waals surface area (Å²) in [6, 6.07) is 63.1. The molecular weight excluding hydrogens is 677 g/mol. The number of nitrogens with zero attached hydrogens (tertiary/aromatic N) is 2. The lowest BCUT2D eigenvalue weighted by Crippen LogP contribution is -2.24. The van der Waals surface area contributed by atoms with Crippen LogP contribution in [0.3, 0.4) is 0 Å². The van der Waals surface area contributed by atoms with E-state index in [1.54, 1.807) is 0 Å². The van der Waals surface area contributed by atoms with Gasteiger partial charge in [-0.3, -0.25) is 0 Å². The lowest BCUT2D eigenvalue weighted by Gasteiger charge is -2.37. The zero-order chi connectivity index (χ0) is 37.5. The van der Waals surface area contributed by atoms with E-state index in [9.17, 15) is 0 Å². The Hall–Kier alpha value is -6.64. The Labute approximate surface area is 328 Å². The molecule has 0 heterocycles. The average molecular weight is 719 g/mol. The minimum atomic E-state index is -0.225. The van der Waals surface area contributed by atoms with Crippen molar-refractivity contribution in [2.45, 2.75) is 32.6 Å². The predicted octanol–water partition coefficient (Wildman–Crippen LogP) is 15.1. The van der Waals surface area contributed by atoms with Crippen molar-refractivity contribution in [2.75, 3.05) is 9.80 Å². The summed E-state index contributed by atoms with van der Waals surface area (Å²) >= 11 is 0. The Kier molecular flexibility index (Phi) is 7.28. The van der Waals surface area contributed by atoms with Gasteiger partial charge in [-0.25, -0.2) is 0 Å². The van der Waals surface area contributed by atoms with E-state index < -0.39 is 0 Å². The second-order valence-electron chi connectivity index (χ2n) is 16.2. The van der Waals surface area contributed by atoms with Crippen molar-refractivity contribution >= 4 is 83.3 Å². The quantitative estimate of drug-likeness (QED) is 0.158. The molecule has 0 fully saturated rings. The van der Waals surface area contributed by atoms with Gasteiger partial charge >= 0.3 is 0 Å². The summed E-state index contributed by atoms with van der Waals surface area (Å²) in [7, 11) is 0. The molecule has 1 unspecified atom stereocenters. The Bertz CT molecular complexity index is 3040. The van der Waals surface area contributed by atoms with E-state index in [1.807, 2.05) is 0 Å². The molecule has 0 saturated heterocycles. The van der Waals surface area contributed by atoms with E-state index in [-0.39, 0.29) is 5.41 Å². The largest absolute Gasteiger partial charge is 0.310 e. The Morgan fingerprint density at radius 2 is 0.982 bits per heavy atom. The lowest BCUT2D eigenvalue weighted by atomic mass is 9.69. The molecule has 1 atom stereocenters. The highest BCUT2D eigenvalue weighted by atomic mass is 15.2. The number of hydrogen-bond acceptors (Lipinski definition) is 2. The highest BCUT2D eigenvalue weighted by Crippen LogP contribution is 2.54. The highest BCUT2D eigenvalue weighted by molar-refractivity contribution is 6.28. The van der Waals surface area contributed by atoms with Crippen LogP contribution in [0.2, 0.25) is 0 Å².